The average molecular weight is 451 g/mol. The van der Waals surface area contributed by atoms with Crippen molar-refractivity contribution in [2.75, 3.05) is 6.61 Å². The fourth-order valence-corrected chi connectivity index (χ4v) is 4.62. The molecule has 0 bridgehead atoms. The van der Waals surface area contributed by atoms with Gasteiger partial charge in [-0.1, -0.05) is 62.6 Å². The van der Waals surface area contributed by atoms with E-state index >= 15 is 0 Å². The van der Waals surface area contributed by atoms with Gasteiger partial charge in [-0.05, 0) is 68.4 Å². The van der Waals surface area contributed by atoms with Crippen LogP contribution in [-0.2, 0) is 16.1 Å². The maximum Gasteiger partial charge on any atom is 0.261 e. The summed E-state index contributed by atoms with van der Waals surface area (Å²) in [5.41, 5.74) is 4.26. The quantitative estimate of drug-likeness (QED) is 0.568. The lowest BCUT2D eigenvalue weighted by atomic mass is 9.95. The summed E-state index contributed by atoms with van der Waals surface area (Å²) < 4.78 is 5.98. The minimum absolute atomic E-state index is 0.0590. The first-order chi connectivity index (χ1) is 15.9. The second-order valence-corrected chi connectivity index (χ2v) is 9.27. The van der Waals surface area contributed by atoms with Crippen LogP contribution in [0, 0.1) is 20.8 Å². The predicted molar refractivity (Wildman–Crippen MR) is 132 cm³/mol. The molecule has 1 saturated carbocycles. The summed E-state index contributed by atoms with van der Waals surface area (Å²) in [7, 11) is 0. The Kier molecular flexibility index (Phi) is 8.93. The highest BCUT2D eigenvalue weighted by atomic mass is 16.5. The topological polar surface area (TPSA) is 58.6 Å². The molecule has 5 nitrogen and oxygen atoms in total. The van der Waals surface area contributed by atoms with E-state index in [0.717, 1.165) is 53.7 Å². The number of hydrogen-bond acceptors (Lipinski definition) is 3. The normalized spacial score (nSPS) is 15.0. The van der Waals surface area contributed by atoms with Crippen molar-refractivity contribution in [3.63, 3.8) is 0 Å². The van der Waals surface area contributed by atoms with Gasteiger partial charge in [0.15, 0.2) is 6.61 Å². The third-order valence-corrected chi connectivity index (χ3v) is 6.65. The predicted octanol–water partition coefficient (Wildman–Crippen LogP) is 5.25. The number of rotatable bonds is 9. The fourth-order valence-electron chi connectivity index (χ4n) is 4.62. The third kappa shape index (κ3) is 6.83. The van der Waals surface area contributed by atoms with Gasteiger partial charge in [-0.3, -0.25) is 9.59 Å². The second kappa shape index (κ2) is 11.9. The largest absolute Gasteiger partial charge is 0.483 e. The van der Waals surface area contributed by atoms with Crippen molar-refractivity contribution in [3.05, 3.63) is 64.7 Å². The Morgan fingerprint density at radius 1 is 1.06 bits per heavy atom. The SMILES string of the molecule is CC[C@@H](C(=O)NC1CCCCC1)N(Cc1ccccc1)C(=O)COc1cc(C)cc(C)c1C. The van der Waals surface area contributed by atoms with Gasteiger partial charge in [-0.2, -0.15) is 0 Å². The lowest BCUT2D eigenvalue weighted by molar-refractivity contribution is -0.143. The molecule has 0 saturated heterocycles. The van der Waals surface area contributed by atoms with Crippen LogP contribution >= 0.6 is 0 Å². The smallest absolute Gasteiger partial charge is 0.261 e. The summed E-state index contributed by atoms with van der Waals surface area (Å²) in [6.45, 7) is 8.32. The molecule has 5 heteroatoms. The molecule has 0 spiro atoms. The van der Waals surface area contributed by atoms with E-state index in [4.69, 9.17) is 4.74 Å². The zero-order valence-corrected chi connectivity index (χ0v) is 20.5. The molecule has 1 fully saturated rings. The van der Waals surface area contributed by atoms with Crippen molar-refractivity contribution < 1.29 is 14.3 Å². The third-order valence-electron chi connectivity index (χ3n) is 6.65. The standard InChI is InChI=1S/C28H38N2O3/c1-5-25(28(32)29-24-14-10-7-11-15-24)30(18-23-12-8-6-9-13-23)27(31)19-33-26-17-20(2)16-21(3)22(26)4/h6,8-9,12-13,16-17,24-25H,5,7,10-11,14-15,18-19H2,1-4H3,(H,29,32)/t25-/m0/s1. The van der Waals surface area contributed by atoms with Gasteiger partial charge in [0.1, 0.15) is 11.8 Å². The van der Waals surface area contributed by atoms with Gasteiger partial charge in [0.25, 0.3) is 5.91 Å². The summed E-state index contributed by atoms with van der Waals surface area (Å²) in [4.78, 5) is 28.4. The molecule has 3 rings (SSSR count). The molecule has 2 aromatic carbocycles. The zero-order valence-electron chi connectivity index (χ0n) is 20.5. The number of benzene rings is 2. The molecule has 1 aliphatic rings. The molecular weight excluding hydrogens is 412 g/mol. The molecule has 0 heterocycles. The van der Waals surface area contributed by atoms with Gasteiger partial charge >= 0.3 is 0 Å². The first kappa shape index (κ1) is 24.8. The Labute approximate surface area is 198 Å². The van der Waals surface area contributed by atoms with Gasteiger partial charge < -0.3 is 15.0 Å². The van der Waals surface area contributed by atoms with Gasteiger partial charge in [-0.15, -0.1) is 0 Å². The molecule has 1 atom stereocenters. The first-order valence-corrected chi connectivity index (χ1v) is 12.2. The van der Waals surface area contributed by atoms with E-state index in [2.05, 4.69) is 11.4 Å². The Balaban J connectivity index is 1.77. The number of nitrogens with zero attached hydrogens (tertiary/aromatic N) is 1. The Morgan fingerprint density at radius 3 is 2.42 bits per heavy atom. The van der Waals surface area contributed by atoms with Crippen LogP contribution in [0.25, 0.3) is 0 Å². The van der Waals surface area contributed by atoms with E-state index in [0.29, 0.717) is 13.0 Å². The number of amides is 2. The van der Waals surface area contributed by atoms with Crippen LogP contribution in [0.2, 0.25) is 0 Å². The van der Waals surface area contributed by atoms with Crippen LogP contribution < -0.4 is 10.1 Å². The highest BCUT2D eigenvalue weighted by Crippen LogP contribution is 2.24. The zero-order chi connectivity index (χ0) is 23.8. The molecule has 2 amide bonds. The summed E-state index contributed by atoms with van der Waals surface area (Å²) in [5, 5.41) is 3.22. The van der Waals surface area contributed by atoms with E-state index in [1.165, 1.54) is 6.42 Å². The van der Waals surface area contributed by atoms with Gasteiger partial charge in [0.2, 0.25) is 5.91 Å². The molecular formula is C28H38N2O3. The van der Waals surface area contributed by atoms with Crippen molar-refractivity contribution in [2.24, 2.45) is 0 Å². The molecule has 0 aliphatic heterocycles. The molecule has 1 N–H and O–H groups in total. The fraction of sp³-hybridized carbons (Fsp3) is 0.500. The average Bonchev–Trinajstić information content (AvgIpc) is 2.81. The Hall–Kier alpha value is -2.82. The van der Waals surface area contributed by atoms with Crippen molar-refractivity contribution >= 4 is 11.8 Å². The van der Waals surface area contributed by atoms with E-state index in [1.54, 1.807) is 4.90 Å². The van der Waals surface area contributed by atoms with Gasteiger partial charge in [-0.25, -0.2) is 0 Å². The maximum atomic E-state index is 13.4. The number of hydrogen-bond donors (Lipinski definition) is 1. The van der Waals surface area contributed by atoms with E-state index < -0.39 is 6.04 Å². The molecule has 0 unspecified atom stereocenters. The number of aryl methyl sites for hydroxylation is 2. The summed E-state index contributed by atoms with van der Waals surface area (Å²) >= 11 is 0. The second-order valence-electron chi connectivity index (χ2n) is 9.27. The highest BCUT2D eigenvalue weighted by molar-refractivity contribution is 5.88. The molecule has 0 radical (unpaired) electrons. The summed E-state index contributed by atoms with van der Waals surface area (Å²) in [6, 6.07) is 13.6. The minimum atomic E-state index is -0.524. The monoisotopic (exact) mass is 450 g/mol. The lowest BCUT2D eigenvalue weighted by Crippen LogP contribution is -2.52. The van der Waals surface area contributed by atoms with Crippen LogP contribution in [0.15, 0.2) is 42.5 Å². The number of ether oxygens (including phenoxy) is 1. The Bertz CT molecular complexity index is 936. The molecule has 0 aromatic heterocycles. The molecule has 178 valence electrons. The highest BCUT2D eigenvalue weighted by Gasteiger charge is 2.30. The van der Waals surface area contributed by atoms with Gasteiger partial charge in [0.05, 0.1) is 0 Å². The summed E-state index contributed by atoms with van der Waals surface area (Å²) in [5.74, 6) is 0.486. The lowest BCUT2D eigenvalue weighted by Gasteiger charge is -2.32. The minimum Gasteiger partial charge on any atom is -0.483 e. The number of carbonyl (C=O) groups excluding carboxylic acids is 2. The summed E-state index contributed by atoms with van der Waals surface area (Å²) in [6.07, 6.45) is 6.12. The number of nitrogens with one attached hydrogen (secondary N) is 1. The van der Waals surface area contributed by atoms with Crippen molar-refractivity contribution in [1.29, 1.82) is 0 Å². The van der Waals surface area contributed by atoms with Crippen molar-refractivity contribution in [1.82, 2.24) is 10.2 Å². The van der Waals surface area contributed by atoms with Crippen molar-refractivity contribution in [3.8, 4) is 5.75 Å². The number of carbonyl (C=O) groups is 2. The maximum absolute atomic E-state index is 13.4. The van der Waals surface area contributed by atoms with E-state index in [-0.39, 0.29) is 24.5 Å². The Morgan fingerprint density at radius 2 is 1.76 bits per heavy atom. The van der Waals surface area contributed by atoms with Crippen LogP contribution in [0.3, 0.4) is 0 Å². The molecule has 2 aromatic rings. The van der Waals surface area contributed by atoms with E-state index in [1.807, 2.05) is 64.1 Å². The molecule has 1 aliphatic carbocycles. The van der Waals surface area contributed by atoms with E-state index in [9.17, 15) is 9.59 Å². The molecule has 33 heavy (non-hydrogen) atoms. The van der Waals surface area contributed by atoms with Crippen LogP contribution in [0.1, 0.15) is 67.7 Å². The van der Waals surface area contributed by atoms with Crippen LogP contribution in [-0.4, -0.2) is 35.4 Å². The first-order valence-electron chi connectivity index (χ1n) is 12.2. The van der Waals surface area contributed by atoms with Crippen molar-refractivity contribution in [2.45, 2.75) is 84.8 Å². The van der Waals surface area contributed by atoms with Crippen LogP contribution in [0.5, 0.6) is 5.75 Å². The van der Waals surface area contributed by atoms with Gasteiger partial charge in [0, 0.05) is 12.6 Å². The van der Waals surface area contributed by atoms with Crippen LogP contribution in [0.4, 0.5) is 0 Å².